The summed E-state index contributed by atoms with van der Waals surface area (Å²) in [6, 6.07) is 7.37. The van der Waals surface area contributed by atoms with Crippen LogP contribution in [0.4, 0.5) is 5.69 Å². The van der Waals surface area contributed by atoms with Crippen molar-refractivity contribution < 1.29 is 14.3 Å². The lowest BCUT2D eigenvalue weighted by Gasteiger charge is -2.19. The van der Waals surface area contributed by atoms with E-state index in [9.17, 15) is 9.59 Å². The Morgan fingerprint density at radius 1 is 1.33 bits per heavy atom. The van der Waals surface area contributed by atoms with E-state index in [2.05, 4.69) is 4.74 Å². The van der Waals surface area contributed by atoms with Gasteiger partial charge in [-0.25, -0.2) is 0 Å². The minimum atomic E-state index is -0.415. The Morgan fingerprint density at radius 2 is 2.10 bits per heavy atom. The van der Waals surface area contributed by atoms with Gasteiger partial charge < -0.3 is 15.4 Å². The van der Waals surface area contributed by atoms with Crippen molar-refractivity contribution in [2.75, 3.05) is 25.9 Å². The molecule has 1 aromatic heterocycles. The minimum Gasteiger partial charge on any atom is -0.468 e. The van der Waals surface area contributed by atoms with E-state index in [0.29, 0.717) is 17.1 Å². The van der Waals surface area contributed by atoms with Crippen LogP contribution in [-0.2, 0) is 9.53 Å². The average Bonchev–Trinajstić information content (AvgIpc) is 2.88. The van der Waals surface area contributed by atoms with Crippen molar-refractivity contribution in [3.63, 3.8) is 0 Å². The maximum absolute atomic E-state index is 12.5. The number of nitrogens with two attached hydrogens (primary N) is 1. The third-order valence-electron chi connectivity index (χ3n) is 3.08. The van der Waals surface area contributed by atoms with Gasteiger partial charge in [0.1, 0.15) is 6.54 Å². The lowest BCUT2D eigenvalue weighted by atomic mass is 10.2. The van der Waals surface area contributed by atoms with Gasteiger partial charge in [-0.15, -0.1) is 11.3 Å². The van der Waals surface area contributed by atoms with Crippen molar-refractivity contribution in [3.8, 4) is 0 Å². The number of nitrogens with zero attached hydrogens (tertiary/aromatic N) is 1. The second-order valence-corrected chi connectivity index (χ2v) is 5.79. The smallest absolute Gasteiger partial charge is 0.325 e. The predicted molar refractivity (Wildman–Crippen MR) is 84.4 cm³/mol. The molecule has 21 heavy (non-hydrogen) atoms. The van der Waals surface area contributed by atoms with E-state index >= 15 is 0 Å². The largest absolute Gasteiger partial charge is 0.468 e. The molecule has 1 amide bonds. The number of ether oxygens (including phenoxy) is 1. The van der Waals surface area contributed by atoms with Gasteiger partial charge in [-0.3, -0.25) is 9.59 Å². The summed E-state index contributed by atoms with van der Waals surface area (Å²) < 4.78 is 5.64. The third kappa shape index (κ3) is 3.52. The van der Waals surface area contributed by atoms with Gasteiger partial charge in [0.2, 0.25) is 0 Å². The summed E-state index contributed by atoms with van der Waals surface area (Å²) in [5.74, 6) is -0.566. The van der Waals surface area contributed by atoms with E-state index in [1.807, 2.05) is 31.2 Å². The molecular weight excluding hydrogens is 288 g/mol. The standard InChI is InChI=1S/C15H18N2O3S/c1-3-6-17(9-14(18)20-2)15(19)13-8-10-7-11(16)4-5-12(10)21-13/h4-5,7-8H,3,6,9,16H2,1-2H3. The van der Waals surface area contributed by atoms with Crippen molar-refractivity contribution >= 4 is 39.0 Å². The highest BCUT2D eigenvalue weighted by atomic mass is 32.1. The summed E-state index contributed by atoms with van der Waals surface area (Å²) in [7, 11) is 1.32. The van der Waals surface area contributed by atoms with Crippen molar-refractivity contribution in [1.82, 2.24) is 4.90 Å². The first kappa shape index (κ1) is 15.3. The van der Waals surface area contributed by atoms with Crippen LogP contribution in [0.25, 0.3) is 10.1 Å². The third-order valence-corrected chi connectivity index (χ3v) is 4.18. The van der Waals surface area contributed by atoms with Crippen LogP contribution in [0.3, 0.4) is 0 Å². The van der Waals surface area contributed by atoms with E-state index < -0.39 is 5.97 Å². The van der Waals surface area contributed by atoms with Crippen LogP contribution in [0, 0.1) is 0 Å². The number of benzene rings is 1. The molecule has 0 unspecified atom stereocenters. The molecule has 0 fully saturated rings. The van der Waals surface area contributed by atoms with E-state index in [4.69, 9.17) is 5.73 Å². The monoisotopic (exact) mass is 306 g/mol. The van der Waals surface area contributed by atoms with Gasteiger partial charge in [0.05, 0.1) is 12.0 Å². The zero-order valence-electron chi connectivity index (χ0n) is 12.1. The zero-order chi connectivity index (χ0) is 15.4. The highest BCUT2D eigenvalue weighted by Gasteiger charge is 2.20. The van der Waals surface area contributed by atoms with Crippen LogP contribution >= 0.6 is 11.3 Å². The van der Waals surface area contributed by atoms with Crippen molar-refractivity contribution in [2.24, 2.45) is 0 Å². The number of hydrogen-bond acceptors (Lipinski definition) is 5. The maximum atomic E-state index is 12.5. The van der Waals surface area contributed by atoms with E-state index in [-0.39, 0.29) is 12.5 Å². The Hall–Kier alpha value is -2.08. The van der Waals surface area contributed by atoms with E-state index in [0.717, 1.165) is 16.5 Å². The number of fused-ring (bicyclic) bond motifs is 1. The molecule has 0 saturated carbocycles. The molecule has 0 radical (unpaired) electrons. The predicted octanol–water partition coefficient (Wildman–Crippen LogP) is 2.51. The SMILES string of the molecule is CCCN(CC(=O)OC)C(=O)c1cc2cc(N)ccc2s1. The van der Waals surface area contributed by atoms with Crippen LogP contribution in [0.5, 0.6) is 0 Å². The number of thiophene rings is 1. The van der Waals surface area contributed by atoms with Crippen LogP contribution in [0.2, 0.25) is 0 Å². The summed E-state index contributed by atoms with van der Waals surface area (Å²) in [6.45, 7) is 2.45. The molecule has 6 heteroatoms. The molecule has 0 aliphatic heterocycles. The second-order valence-electron chi connectivity index (χ2n) is 4.71. The second kappa shape index (κ2) is 6.58. The molecule has 2 rings (SSSR count). The number of amides is 1. The first-order valence-corrected chi connectivity index (χ1v) is 7.52. The summed E-state index contributed by atoms with van der Waals surface area (Å²) in [6.07, 6.45) is 0.778. The number of hydrogen-bond donors (Lipinski definition) is 1. The Balaban J connectivity index is 2.27. The Morgan fingerprint density at radius 3 is 2.76 bits per heavy atom. The molecule has 1 heterocycles. The normalized spacial score (nSPS) is 10.6. The van der Waals surface area contributed by atoms with Gasteiger partial charge in [0.25, 0.3) is 5.91 Å². The first-order valence-electron chi connectivity index (χ1n) is 6.70. The Bertz CT molecular complexity index is 666. The van der Waals surface area contributed by atoms with E-state index in [1.54, 1.807) is 0 Å². The highest BCUT2D eigenvalue weighted by molar-refractivity contribution is 7.20. The van der Waals surface area contributed by atoms with Gasteiger partial charge in [0, 0.05) is 16.9 Å². The van der Waals surface area contributed by atoms with Crippen LogP contribution in [-0.4, -0.2) is 37.0 Å². The zero-order valence-corrected chi connectivity index (χ0v) is 12.9. The number of rotatable bonds is 5. The van der Waals surface area contributed by atoms with Gasteiger partial charge >= 0.3 is 5.97 Å². The van der Waals surface area contributed by atoms with Crippen LogP contribution in [0.15, 0.2) is 24.3 Å². The summed E-state index contributed by atoms with van der Waals surface area (Å²) >= 11 is 1.40. The topological polar surface area (TPSA) is 72.6 Å². The fourth-order valence-electron chi connectivity index (χ4n) is 2.07. The maximum Gasteiger partial charge on any atom is 0.325 e. The number of anilines is 1. The summed E-state index contributed by atoms with van der Waals surface area (Å²) in [5.41, 5.74) is 6.41. The van der Waals surface area contributed by atoms with Crippen LogP contribution in [0.1, 0.15) is 23.0 Å². The number of methoxy groups -OCH3 is 1. The van der Waals surface area contributed by atoms with E-state index in [1.165, 1.54) is 23.3 Å². The fourth-order valence-corrected chi connectivity index (χ4v) is 3.08. The molecule has 0 saturated heterocycles. The first-order chi connectivity index (χ1) is 10.0. The van der Waals surface area contributed by atoms with Gasteiger partial charge in [-0.05, 0) is 36.1 Å². The number of esters is 1. The van der Waals surface area contributed by atoms with Gasteiger partial charge in [0.15, 0.2) is 0 Å². The van der Waals surface area contributed by atoms with Crippen molar-refractivity contribution in [1.29, 1.82) is 0 Å². The lowest BCUT2D eigenvalue weighted by molar-refractivity contribution is -0.141. The summed E-state index contributed by atoms with van der Waals surface area (Å²) in [5, 5.41) is 0.942. The fraction of sp³-hybridized carbons (Fsp3) is 0.333. The molecule has 0 aliphatic rings. The highest BCUT2D eigenvalue weighted by Crippen LogP contribution is 2.28. The van der Waals surface area contributed by atoms with Crippen LogP contribution < -0.4 is 5.73 Å². The van der Waals surface area contributed by atoms with Gasteiger partial charge in [-0.2, -0.15) is 0 Å². The molecule has 0 atom stereocenters. The quantitative estimate of drug-likeness (QED) is 0.680. The molecule has 5 nitrogen and oxygen atoms in total. The molecule has 1 aromatic carbocycles. The van der Waals surface area contributed by atoms with Crippen molar-refractivity contribution in [3.05, 3.63) is 29.1 Å². The molecule has 0 bridgehead atoms. The number of carbonyl (C=O) groups is 2. The number of carbonyl (C=O) groups excluding carboxylic acids is 2. The molecule has 0 spiro atoms. The number of nitrogen functional groups attached to an aromatic ring is 1. The Kier molecular flexibility index (Phi) is 4.80. The van der Waals surface area contributed by atoms with Gasteiger partial charge in [-0.1, -0.05) is 6.92 Å². The molecule has 2 aromatic rings. The lowest BCUT2D eigenvalue weighted by Crippen LogP contribution is -2.36. The molecule has 112 valence electrons. The Labute approximate surface area is 127 Å². The average molecular weight is 306 g/mol. The van der Waals surface area contributed by atoms with Crippen molar-refractivity contribution in [2.45, 2.75) is 13.3 Å². The molecular formula is C15H18N2O3S. The molecule has 2 N–H and O–H groups in total. The summed E-state index contributed by atoms with van der Waals surface area (Å²) in [4.78, 5) is 26.1. The molecule has 0 aliphatic carbocycles. The minimum absolute atomic E-state index is 0.0282.